The molecule has 0 unspecified atom stereocenters. The van der Waals surface area contributed by atoms with Crippen molar-refractivity contribution in [2.24, 2.45) is 0 Å². The number of rotatable bonds is 6. The monoisotopic (exact) mass is 418 g/mol. The summed E-state index contributed by atoms with van der Waals surface area (Å²) in [7, 11) is 3.41. The number of nitriles is 1. The molecule has 1 heterocycles. The van der Waals surface area contributed by atoms with E-state index in [-0.39, 0.29) is 11.1 Å². The smallest absolute Gasteiger partial charge is 0.285 e. The standard InChI is InChI=1S/C23H22N4O2S/c1-26(2)23(29)30-19-11-9-18(10-12-19)25-22(28)13-8-17-16-27(15-5-14-24)21-7-4-3-6-20(17)21/h3-4,6-13,16H,5,15H2,1-2H3,(H,25,28)/b13-8+. The van der Waals surface area contributed by atoms with Crippen LogP contribution in [0.5, 0.6) is 0 Å². The van der Waals surface area contributed by atoms with Crippen LogP contribution in [0.15, 0.2) is 65.7 Å². The molecule has 0 radical (unpaired) electrons. The van der Waals surface area contributed by atoms with Gasteiger partial charge in [-0.15, -0.1) is 0 Å². The fourth-order valence-electron chi connectivity index (χ4n) is 2.91. The molecule has 30 heavy (non-hydrogen) atoms. The van der Waals surface area contributed by atoms with Crippen LogP contribution >= 0.6 is 11.8 Å². The van der Waals surface area contributed by atoms with Crippen LogP contribution in [0.2, 0.25) is 0 Å². The molecule has 0 fully saturated rings. The van der Waals surface area contributed by atoms with Crippen molar-refractivity contribution in [2.45, 2.75) is 17.9 Å². The number of carbonyl (C=O) groups excluding carboxylic acids is 2. The number of carbonyl (C=O) groups is 2. The normalized spacial score (nSPS) is 10.8. The van der Waals surface area contributed by atoms with Gasteiger partial charge in [0.1, 0.15) is 0 Å². The van der Waals surface area contributed by atoms with E-state index in [1.807, 2.05) is 35.0 Å². The van der Waals surface area contributed by atoms with Crippen molar-refractivity contribution >= 4 is 45.6 Å². The van der Waals surface area contributed by atoms with Gasteiger partial charge in [0, 0.05) is 60.0 Å². The second-order valence-electron chi connectivity index (χ2n) is 6.81. The second-order valence-corrected chi connectivity index (χ2v) is 7.84. The molecule has 0 aliphatic heterocycles. The van der Waals surface area contributed by atoms with Gasteiger partial charge in [-0.2, -0.15) is 5.26 Å². The largest absolute Gasteiger partial charge is 0.346 e. The molecule has 0 aliphatic carbocycles. The number of aryl methyl sites for hydroxylation is 1. The molecule has 1 N–H and O–H groups in total. The van der Waals surface area contributed by atoms with Gasteiger partial charge in [-0.3, -0.25) is 9.59 Å². The summed E-state index contributed by atoms with van der Waals surface area (Å²) in [6, 6.07) is 17.2. The average molecular weight is 419 g/mol. The highest BCUT2D eigenvalue weighted by atomic mass is 32.2. The number of hydrogen-bond acceptors (Lipinski definition) is 4. The van der Waals surface area contributed by atoms with Crippen molar-refractivity contribution in [3.63, 3.8) is 0 Å². The SMILES string of the molecule is CN(C)C(=O)Sc1ccc(NC(=O)/C=C/c2cn(CCC#N)c3ccccc23)cc1. The number of anilines is 1. The predicted molar refractivity (Wildman–Crippen MR) is 121 cm³/mol. The van der Waals surface area contributed by atoms with Crippen molar-refractivity contribution < 1.29 is 9.59 Å². The lowest BCUT2D eigenvalue weighted by Gasteiger charge is -2.09. The van der Waals surface area contributed by atoms with Crippen molar-refractivity contribution in [1.29, 1.82) is 5.26 Å². The molecule has 0 spiro atoms. The number of nitrogens with zero attached hydrogens (tertiary/aromatic N) is 3. The van der Waals surface area contributed by atoms with E-state index in [4.69, 9.17) is 5.26 Å². The number of benzene rings is 2. The van der Waals surface area contributed by atoms with Crippen LogP contribution in [-0.4, -0.2) is 34.7 Å². The maximum Gasteiger partial charge on any atom is 0.285 e. The van der Waals surface area contributed by atoms with Crippen molar-refractivity contribution in [3.05, 3.63) is 66.4 Å². The van der Waals surface area contributed by atoms with Crippen LogP contribution in [-0.2, 0) is 11.3 Å². The second kappa shape index (κ2) is 9.81. The van der Waals surface area contributed by atoms with Gasteiger partial charge >= 0.3 is 0 Å². The Labute approximate surface area is 179 Å². The highest BCUT2D eigenvalue weighted by molar-refractivity contribution is 8.13. The summed E-state index contributed by atoms with van der Waals surface area (Å²) in [5.74, 6) is -0.242. The van der Waals surface area contributed by atoms with Crippen LogP contribution in [0.3, 0.4) is 0 Å². The van der Waals surface area contributed by atoms with Gasteiger partial charge in [0.15, 0.2) is 0 Å². The molecule has 1 aromatic heterocycles. The topological polar surface area (TPSA) is 78.1 Å². The molecule has 2 amide bonds. The fourth-order valence-corrected chi connectivity index (χ4v) is 3.57. The number of hydrogen-bond donors (Lipinski definition) is 1. The third-order valence-corrected chi connectivity index (χ3v) is 5.44. The highest BCUT2D eigenvalue weighted by Gasteiger charge is 2.08. The third-order valence-electron chi connectivity index (χ3n) is 4.39. The number of fused-ring (bicyclic) bond motifs is 1. The first-order valence-corrected chi connectivity index (χ1v) is 10.2. The quantitative estimate of drug-likeness (QED) is 0.452. The molecular formula is C23H22N4O2S. The van der Waals surface area contributed by atoms with Crippen molar-refractivity contribution in [3.8, 4) is 6.07 Å². The maximum atomic E-state index is 12.3. The first kappa shape index (κ1) is 21.2. The predicted octanol–water partition coefficient (Wildman–Crippen LogP) is 4.98. The zero-order valence-corrected chi connectivity index (χ0v) is 17.6. The van der Waals surface area contributed by atoms with E-state index in [9.17, 15) is 9.59 Å². The minimum absolute atomic E-state index is 0.0522. The zero-order chi connectivity index (χ0) is 21.5. The number of nitrogens with one attached hydrogen (secondary N) is 1. The Hall–Kier alpha value is -3.50. The van der Waals surface area contributed by atoms with E-state index < -0.39 is 0 Å². The summed E-state index contributed by atoms with van der Waals surface area (Å²) < 4.78 is 2.03. The summed E-state index contributed by atoms with van der Waals surface area (Å²) in [6.45, 7) is 0.609. The minimum Gasteiger partial charge on any atom is -0.346 e. The Balaban J connectivity index is 1.68. The Morgan fingerprint density at radius 3 is 2.60 bits per heavy atom. The van der Waals surface area contributed by atoms with Crippen LogP contribution in [0.4, 0.5) is 10.5 Å². The van der Waals surface area contributed by atoms with Gasteiger partial charge in [-0.1, -0.05) is 18.2 Å². The lowest BCUT2D eigenvalue weighted by atomic mass is 10.1. The van der Waals surface area contributed by atoms with E-state index in [1.54, 1.807) is 44.4 Å². The molecule has 7 heteroatoms. The Bertz CT molecular complexity index is 1120. The van der Waals surface area contributed by atoms with E-state index in [2.05, 4.69) is 11.4 Å². The number of para-hydroxylation sites is 1. The van der Waals surface area contributed by atoms with Gasteiger partial charge in [0.05, 0.1) is 12.5 Å². The Kier molecular flexibility index (Phi) is 6.94. The van der Waals surface area contributed by atoms with Gasteiger partial charge in [0.2, 0.25) is 5.91 Å². The third kappa shape index (κ3) is 5.31. The van der Waals surface area contributed by atoms with Crippen LogP contribution in [0.25, 0.3) is 17.0 Å². The molecular weight excluding hydrogens is 396 g/mol. The molecule has 0 bridgehead atoms. The van der Waals surface area contributed by atoms with Gasteiger partial charge in [0.25, 0.3) is 5.24 Å². The Morgan fingerprint density at radius 2 is 1.90 bits per heavy atom. The van der Waals surface area contributed by atoms with Gasteiger partial charge in [-0.25, -0.2) is 0 Å². The van der Waals surface area contributed by atoms with Crippen molar-refractivity contribution in [1.82, 2.24) is 9.47 Å². The summed E-state index contributed by atoms with van der Waals surface area (Å²) in [5, 5.41) is 12.7. The van der Waals surface area contributed by atoms with E-state index >= 15 is 0 Å². The van der Waals surface area contributed by atoms with Crippen LogP contribution < -0.4 is 5.32 Å². The molecule has 2 aromatic carbocycles. The minimum atomic E-state index is -0.242. The molecule has 152 valence electrons. The highest BCUT2D eigenvalue weighted by Crippen LogP contribution is 2.24. The number of amides is 2. The average Bonchev–Trinajstić information content (AvgIpc) is 3.10. The van der Waals surface area contributed by atoms with Gasteiger partial charge in [-0.05, 0) is 48.2 Å². The summed E-state index contributed by atoms with van der Waals surface area (Å²) in [4.78, 5) is 26.4. The summed E-state index contributed by atoms with van der Waals surface area (Å²) >= 11 is 1.13. The Morgan fingerprint density at radius 1 is 1.17 bits per heavy atom. The number of thioether (sulfide) groups is 1. The lowest BCUT2D eigenvalue weighted by Crippen LogP contribution is -2.16. The first-order chi connectivity index (χ1) is 14.5. The van der Waals surface area contributed by atoms with E-state index in [0.717, 1.165) is 33.1 Å². The fraction of sp³-hybridized carbons (Fsp3) is 0.174. The van der Waals surface area contributed by atoms with E-state index in [0.29, 0.717) is 18.7 Å². The zero-order valence-electron chi connectivity index (χ0n) is 16.8. The molecule has 3 aromatic rings. The first-order valence-electron chi connectivity index (χ1n) is 9.41. The molecule has 0 saturated carbocycles. The molecule has 0 atom stereocenters. The summed E-state index contributed by atoms with van der Waals surface area (Å²) in [5.41, 5.74) is 2.61. The van der Waals surface area contributed by atoms with Gasteiger partial charge < -0.3 is 14.8 Å². The summed E-state index contributed by atoms with van der Waals surface area (Å²) in [6.07, 6.45) is 5.66. The van der Waals surface area contributed by atoms with Crippen LogP contribution in [0.1, 0.15) is 12.0 Å². The van der Waals surface area contributed by atoms with E-state index in [1.165, 1.54) is 11.0 Å². The molecule has 6 nitrogen and oxygen atoms in total. The lowest BCUT2D eigenvalue weighted by molar-refractivity contribution is -0.111. The van der Waals surface area contributed by atoms with Crippen LogP contribution in [0, 0.1) is 11.3 Å². The molecule has 3 rings (SSSR count). The van der Waals surface area contributed by atoms with Crippen molar-refractivity contribution in [2.75, 3.05) is 19.4 Å². The maximum absolute atomic E-state index is 12.3. The molecule has 0 aliphatic rings. The number of aromatic nitrogens is 1. The molecule has 0 saturated heterocycles.